The minimum atomic E-state index is 0.765. The normalized spacial score (nSPS) is 40.6. The monoisotopic (exact) mass is 204 g/mol. The molecular weight excluding hydrogens is 180 g/mol. The van der Waals surface area contributed by atoms with Crippen LogP contribution < -0.4 is 0 Å². The van der Waals surface area contributed by atoms with Crippen molar-refractivity contribution in [2.75, 3.05) is 0 Å². The van der Waals surface area contributed by atoms with E-state index in [9.17, 15) is 0 Å². The number of hydrogen-bond donors (Lipinski definition) is 0. The quantitative estimate of drug-likeness (QED) is 0.548. The third-order valence-corrected chi connectivity index (χ3v) is 4.60. The van der Waals surface area contributed by atoms with Gasteiger partial charge in [0, 0.05) is 0 Å². The summed E-state index contributed by atoms with van der Waals surface area (Å²) in [6, 6.07) is 0. The Balaban J connectivity index is 2.24. The van der Waals surface area contributed by atoms with Crippen molar-refractivity contribution in [1.29, 1.82) is 0 Å². The molecule has 84 valence electrons. The lowest BCUT2D eigenvalue weighted by molar-refractivity contribution is 0.135. The first-order valence-electron chi connectivity index (χ1n) is 6.42. The molecule has 0 saturated heterocycles. The average Bonchev–Trinajstić information content (AvgIpc) is 2.17. The van der Waals surface area contributed by atoms with Gasteiger partial charge in [-0.05, 0) is 63.2 Å². The summed E-state index contributed by atoms with van der Waals surface area (Å²) in [4.78, 5) is 0. The summed E-state index contributed by atoms with van der Waals surface area (Å²) in [5.41, 5.74) is 3.01. The number of fused-ring (bicyclic) bond motifs is 1. The lowest BCUT2D eigenvalue weighted by Gasteiger charge is -2.44. The smallest absolute Gasteiger partial charge is 0.0134 e. The predicted octanol–water partition coefficient (Wildman–Crippen LogP) is 4.58. The first-order chi connectivity index (χ1) is 7.09. The summed E-state index contributed by atoms with van der Waals surface area (Å²) in [6.07, 6.45) is 8.07. The standard InChI is InChI=1S/C15H24/c1-10(2)13-8-6-12(4)14-7-5-11(3)9-15(13)14/h9,12-15H,1,5-8H2,2-4H3/t12-,13+,14?,15?/m1/s1. The average molecular weight is 204 g/mol. The Morgan fingerprint density at radius 3 is 2.73 bits per heavy atom. The molecule has 1 saturated carbocycles. The van der Waals surface area contributed by atoms with Crippen LogP contribution in [0.5, 0.6) is 0 Å². The third kappa shape index (κ3) is 2.04. The van der Waals surface area contributed by atoms with Crippen LogP contribution in [0.4, 0.5) is 0 Å². The van der Waals surface area contributed by atoms with Crippen LogP contribution >= 0.6 is 0 Å². The Kier molecular flexibility index (Phi) is 3.04. The highest BCUT2D eigenvalue weighted by Gasteiger charge is 2.37. The van der Waals surface area contributed by atoms with Gasteiger partial charge < -0.3 is 0 Å². The van der Waals surface area contributed by atoms with Crippen LogP contribution in [0.25, 0.3) is 0 Å². The summed E-state index contributed by atoms with van der Waals surface area (Å²) < 4.78 is 0. The topological polar surface area (TPSA) is 0 Å². The van der Waals surface area contributed by atoms with E-state index in [1.54, 1.807) is 5.57 Å². The van der Waals surface area contributed by atoms with Crippen LogP contribution in [0.1, 0.15) is 46.5 Å². The van der Waals surface area contributed by atoms with Crippen LogP contribution in [0.3, 0.4) is 0 Å². The first-order valence-corrected chi connectivity index (χ1v) is 6.42. The molecule has 0 N–H and O–H groups in total. The molecule has 15 heavy (non-hydrogen) atoms. The van der Waals surface area contributed by atoms with Gasteiger partial charge in [0.2, 0.25) is 0 Å². The molecule has 2 rings (SSSR count). The molecule has 2 unspecified atom stereocenters. The molecule has 0 aromatic rings. The predicted molar refractivity (Wildman–Crippen MR) is 66.7 cm³/mol. The van der Waals surface area contributed by atoms with E-state index in [0.717, 1.165) is 23.7 Å². The van der Waals surface area contributed by atoms with Crippen molar-refractivity contribution in [2.24, 2.45) is 23.7 Å². The van der Waals surface area contributed by atoms with Gasteiger partial charge in [0.05, 0.1) is 0 Å². The molecule has 0 aromatic carbocycles. The molecule has 0 bridgehead atoms. The summed E-state index contributed by atoms with van der Waals surface area (Å²) in [6.45, 7) is 11.2. The van der Waals surface area contributed by atoms with Crippen LogP contribution in [-0.4, -0.2) is 0 Å². The Hall–Kier alpha value is -0.520. The lowest BCUT2D eigenvalue weighted by atomic mass is 9.61. The summed E-state index contributed by atoms with van der Waals surface area (Å²) in [5.74, 6) is 3.43. The van der Waals surface area contributed by atoms with Gasteiger partial charge in [-0.1, -0.05) is 30.7 Å². The second-order valence-corrected chi connectivity index (χ2v) is 5.80. The Morgan fingerprint density at radius 1 is 1.33 bits per heavy atom. The number of rotatable bonds is 1. The van der Waals surface area contributed by atoms with E-state index in [4.69, 9.17) is 0 Å². The molecule has 1 fully saturated rings. The van der Waals surface area contributed by atoms with Crippen molar-refractivity contribution in [1.82, 2.24) is 0 Å². The molecule has 2 aliphatic carbocycles. The Bertz CT molecular complexity index is 284. The molecule has 0 amide bonds. The van der Waals surface area contributed by atoms with E-state index >= 15 is 0 Å². The molecule has 4 atom stereocenters. The van der Waals surface area contributed by atoms with Gasteiger partial charge in [-0.25, -0.2) is 0 Å². The van der Waals surface area contributed by atoms with Crippen LogP contribution in [0.2, 0.25) is 0 Å². The molecule has 0 aromatic heterocycles. The summed E-state index contributed by atoms with van der Waals surface area (Å²) in [5, 5.41) is 0. The van der Waals surface area contributed by atoms with E-state index in [1.165, 1.54) is 31.3 Å². The van der Waals surface area contributed by atoms with Crippen molar-refractivity contribution in [3.63, 3.8) is 0 Å². The molecule has 0 nitrogen and oxygen atoms in total. The van der Waals surface area contributed by atoms with Crippen LogP contribution in [0, 0.1) is 23.7 Å². The molecule has 0 heterocycles. The maximum Gasteiger partial charge on any atom is -0.0134 e. The van der Waals surface area contributed by atoms with Crippen molar-refractivity contribution < 1.29 is 0 Å². The second-order valence-electron chi connectivity index (χ2n) is 5.80. The highest BCUT2D eigenvalue weighted by molar-refractivity contribution is 5.15. The third-order valence-electron chi connectivity index (χ3n) is 4.60. The Labute approximate surface area is 94.5 Å². The van der Waals surface area contributed by atoms with Gasteiger partial charge in [0.1, 0.15) is 0 Å². The highest BCUT2D eigenvalue weighted by Crippen LogP contribution is 2.47. The lowest BCUT2D eigenvalue weighted by Crippen LogP contribution is -2.34. The maximum atomic E-state index is 4.19. The van der Waals surface area contributed by atoms with Crippen molar-refractivity contribution in [3.05, 3.63) is 23.8 Å². The summed E-state index contributed by atoms with van der Waals surface area (Å²) >= 11 is 0. The minimum absolute atomic E-state index is 0.765. The fourth-order valence-corrected chi connectivity index (χ4v) is 3.62. The van der Waals surface area contributed by atoms with Gasteiger partial charge in [-0.2, -0.15) is 0 Å². The van der Waals surface area contributed by atoms with Gasteiger partial charge in [-0.3, -0.25) is 0 Å². The molecule has 0 spiro atoms. The highest BCUT2D eigenvalue weighted by atomic mass is 14.4. The van der Waals surface area contributed by atoms with Gasteiger partial charge in [0.25, 0.3) is 0 Å². The van der Waals surface area contributed by atoms with E-state index in [2.05, 4.69) is 33.4 Å². The fourth-order valence-electron chi connectivity index (χ4n) is 3.62. The first kappa shape index (κ1) is 11.0. The van der Waals surface area contributed by atoms with Crippen LogP contribution in [0.15, 0.2) is 23.8 Å². The van der Waals surface area contributed by atoms with Crippen LogP contribution in [-0.2, 0) is 0 Å². The molecule has 0 aliphatic heterocycles. The van der Waals surface area contributed by atoms with Crippen molar-refractivity contribution in [3.8, 4) is 0 Å². The zero-order valence-corrected chi connectivity index (χ0v) is 10.4. The largest absolute Gasteiger partial charge is 0.0998 e. The van der Waals surface area contributed by atoms with E-state index in [0.29, 0.717) is 0 Å². The SMILES string of the molecule is C=C(C)[C@@H]1CC[C@@H](C)C2CCC(C)=CC21. The number of hydrogen-bond acceptors (Lipinski definition) is 0. The molecule has 0 heteroatoms. The van der Waals surface area contributed by atoms with E-state index in [-0.39, 0.29) is 0 Å². The fraction of sp³-hybridized carbons (Fsp3) is 0.733. The second kappa shape index (κ2) is 4.15. The number of allylic oxidation sites excluding steroid dienone is 3. The van der Waals surface area contributed by atoms with Gasteiger partial charge in [0.15, 0.2) is 0 Å². The van der Waals surface area contributed by atoms with Crippen molar-refractivity contribution >= 4 is 0 Å². The van der Waals surface area contributed by atoms with E-state index in [1.807, 2.05) is 0 Å². The minimum Gasteiger partial charge on any atom is -0.0998 e. The molecular formula is C15H24. The zero-order chi connectivity index (χ0) is 11.0. The molecule has 2 aliphatic rings. The van der Waals surface area contributed by atoms with E-state index < -0.39 is 0 Å². The van der Waals surface area contributed by atoms with Gasteiger partial charge >= 0.3 is 0 Å². The van der Waals surface area contributed by atoms with Gasteiger partial charge in [-0.15, -0.1) is 0 Å². The summed E-state index contributed by atoms with van der Waals surface area (Å²) in [7, 11) is 0. The Morgan fingerprint density at radius 2 is 2.07 bits per heavy atom. The zero-order valence-electron chi connectivity index (χ0n) is 10.4. The maximum absolute atomic E-state index is 4.19. The molecule has 0 radical (unpaired) electrons. The van der Waals surface area contributed by atoms with Crippen molar-refractivity contribution in [2.45, 2.75) is 46.5 Å².